The van der Waals surface area contributed by atoms with Crippen LogP contribution in [0, 0.1) is 11.6 Å². The zero-order valence-electron chi connectivity index (χ0n) is 9.56. The Kier molecular flexibility index (Phi) is 3.71. The molecule has 6 heteroatoms. The van der Waals surface area contributed by atoms with Crippen molar-refractivity contribution in [3.63, 3.8) is 0 Å². The van der Waals surface area contributed by atoms with Gasteiger partial charge in [0.15, 0.2) is 11.6 Å². The highest BCUT2D eigenvalue weighted by Gasteiger charge is 2.12. The van der Waals surface area contributed by atoms with Crippen molar-refractivity contribution in [1.29, 1.82) is 0 Å². The summed E-state index contributed by atoms with van der Waals surface area (Å²) in [5, 5.41) is 9.05. The van der Waals surface area contributed by atoms with Crippen LogP contribution in [0.3, 0.4) is 0 Å². The highest BCUT2D eigenvalue weighted by molar-refractivity contribution is 7.99. The van der Waals surface area contributed by atoms with Crippen LogP contribution in [0.15, 0.2) is 46.2 Å². The Labute approximate surface area is 112 Å². The number of hydrogen-bond donors (Lipinski definition) is 2. The van der Waals surface area contributed by atoms with Gasteiger partial charge in [-0.1, -0.05) is 11.8 Å². The number of halogens is 2. The summed E-state index contributed by atoms with van der Waals surface area (Å²) in [5.74, 6) is -3.04. The summed E-state index contributed by atoms with van der Waals surface area (Å²) in [6.07, 6.45) is 0. The van der Waals surface area contributed by atoms with Gasteiger partial charge in [-0.25, -0.2) is 13.6 Å². The SMILES string of the molecule is Nc1ccc(C(=O)O)c(Sc2ccc(F)c(F)c2)c1. The van der Waals surface area contributed by atoms with Gasteiger partial charge in [-0.2, -0.15) is 0 Å². The van der Waals surface area contributed by atoms with Crippen molar-refractivity contribution in [2.24, 2.45) is 0 Å². The van der Waals surface area contributed by atoms with Crippen molar-refractivity contribution >= 4 is 23.4 Å². The third-order valence-corrected chi connectivity index (χ3v) is 3.40. The minimum absolute atomic E-state index is 0.0592. The molecule has 0 unspecified atom stereocenters. The van der Waals surface area contributed by atoms with Crippen molar-refractivity contribution in [1.82, 2.24) is 0 Å². The number of anilines is 1. The zero-order valence-corrected chi connectivity index (χ0v) is 10.4. The van der Waals surface area contributed by atoms with E-state index in [0.29, 0.717) is 15.5 Å². The molecule has 3 nitrogen and oxygen atoms in total. The fraction of sp³-hybridized carbons (Fsp3) is 0. The summed E-state index contributed by atoms with van der Waals surface area (Å²) in [6.45, 7) is 0. The molecule has 98 valence electrons. The smallest absolute Gasteiger partial charge is 0.336 e. The lowest BCUT2D eigenvalue weighted by atomic mass is 10.2. The van der Waals surface area contributed by atoms with Gasteiger partial charge in [-0.05, 0) is 36.4 Å². The minimum Gasteiger partial charge on any atom is -0.478 e. The number of aromatic carboxylic acids is 1. The van der Waals surface area contributed by atoms with Crippen LogP contribution in [0.4, 0.5) is 14.5 Å². The molecular formula is C13H9F2NO2S. The monoisotopic (exact) mass is 281 g/mol. The molecule has 0 aliphatic heterocycles. The van der Waals surface area contributed by atoms with Gasteiger partial charge >= 0.3 is 5.97 Å². The molecule has 0 fully saturated rings. The number of carboxylic acid groups (broad SMARTS) is 1. The Morgan fingerprint density at radius 3 is 2.47 bits per heavy atom. The summed E-state index contributed by atoms with van der Waals surface area (Å²) in [6, 6.07) is 7.70. The summed E-state index contributed by atoms with van der Waals surface area (Å²) in [4.78, 5) is 11.8. The predicted octanol–water partition coefficient (Wildman–Crippen LogP) is 3.40. The highest BCUT2D eigenvalue weighted by Crippen LogP contribution is 2.32. The molecule has 2 aromatic carbocycles. The minimum atomic E-state index is -1.11. The third kappa shape index (κ3) is 3.03. The normalized spacial score (nSPS) is 10.4. The second kappa shape index (κ2) is 5.27. The molecule has 0 spiro atoms. The quantitative estimate of drug-likeness (QED) is 0.846. The first-order valence-electron chi connectivity index (χ1n) is 5.23. The molecule has 0 aliphatic rings. The van der Waals surface area contributed by atoms with Crippen molar-refractivity contribution in [2.45, 2.75) is 9.79 Å². The molecule has 19 heavy (non-hydrogen) atoms. The first-order valence-corrected chi connectivity index (χ1v) is 6.05. The van der Waals surface area contributed by atoms with Crippen molar-refractivity contribution in [3.05, 3.63) is 53.6 Å². The summed E-state index contributed by atoms with van der Waals surface area (Å²) in [7, 11) is 0. The lowest BCUT2D eigenvalue weighted by Crippen LogP contribution is -1.99. The van der Waals surface area contributed by atoms with E-state index in [1.54, 1.807) is 0 Å². The summed E-state index contributed by atoms with van der Waals surface area (Å²) >= 11 is 1.01. The van der Waals surface area contributed by atoms with Gasteiger partial charge in [-0.3, -0.25) is 0 Å². The van der Waals surface area contributed by atoms with Crippen LogP contribution in [0.5, 0.6) is 0 Å². The largest absolute Gasteiger partial charge is 0.478 e. The van der Waals surface area contributed by atoms with Gasteiger partial charge < -0.3 is 10.8 Å². The van der Waals surface area contributed by atoms with Crippen LogP contribution < -0.4 is 5.73 Å². The maximum Gasteiger partial charge on any atom is 0.336 e. The topological polar surface area (TPSA) is 63.3 Å². The standard InChI is InChI=1S/C13H9F2NO2S/c14-10-4-2-8(6-11(10)15)19-12-5-7(16)1-3-9(12)13(17)18/h1-6H,16H2,(H,17,18). The molecular weight excluding hydrogens is 272 g/mol. The molecule has 0 heterocycles. The average molecular weight is 281 g/mol. The van der Waals surface area contributed by atoms with E-state index in [4.69, 9.17) is 10.8 Å². The molecule has 0 bridgehead atoms. The van der Waals surface area contributed by atoms with Crippen LogP contribution >= 0.6 is 11.8 Å². The van der Waals surface area contributed by atoms with E-state index in [0.717, 1.165) is 23.9 Å². The number of nitrogens with two attached hydrogens (primary N) is 1. The van der Waals surface area contributed by atoms with E-state index in [9.17, 15) is 13.6 Å². The van der Waals surface area contributed by atoms with Crippen LogP contribution in [0.2, 0.25) is 0 Å². The highest BCUT2D eigenvalue weighted by atomic mass is 32.2. The van der Waals surface area contributed by atoms with Crippen LogP contribution in [0.1, 0.15) is 10.4 Å². The average Bonchev–Trinajstić information content (AvgIpc) is 2.33. The van der Waals surface area contributed by atoms with E-state index >= 15 is 0 Å². The van der Waals surface area contributed by atoms with Gasteiger partial charge in [-0.15, -0.1) is 0 Å². The van der Waals surface area contributed by atoms with Gasteiger partial charge in [0.05, 0.1) is 5.56 Å². The van der Waals surface area contributed by atoms with Gasteiger partial charge in [0.1, 0.15) is 0 Å². The Morgan fingerprint density at radius 2 is 1.84 bits per heavy atom. The molecule has 0 saturated carbocycles. The fourth-order valence-corrected chi connectivity index (χ4v) is 2.48. The van der Waals surface area contributed by atoms with Crippen LogP contribution in [-0.2, 0) is 0 Å². The molecule has 0 amide bonds. The third-order valence-electron chi connectivity index (χ3n) is 2.35. The lowest BCUT2D eigenvalue weighted by Gasteiger charge is -2.07. The number of carbonyl (C=O) groups is 1. The first-order chi connectivity index (χ1) is 8.97. The number of carboxylic acids is 1. The molecule has 2 aromatic rings. The van der Waals surface area contributed by atoms with Crippen molar-refractivity contribution < 1.29 is 18.7 Å². The van der Waals surface area contributed by atoms with Crippen LogP contribution in [-0.4, -0.2) is 11.1 Å². The molecule has 0 aliphatic carbocycles. The maximum absolute atomic E-state index is 13.1. The Balaban J connectivity index is 2.39. The second-order valence-electron chi connectivity index (χ2n) is 3.74. The predicted molar refractivity (Wildman–Crippen MR) is 68.3 cm³/mol. The van der Waals surface area contributed by atoms with E-state index in [1.807, 2.05) is 0 Å². The van der Waals surface area contributed by atoms with Crippen molar-refractivity contribution in [3.8, 4) is 0 Å². The van der Waals surface area contributed by atoms with Gasteiger partial charge in [0.25, 0.3) is 0 Å². The number of nitrogen functional groups attached to an aromatic ring is 1. The van der Waals surface area contributed by atoms with Gasteiger partial charge in [0, 0.05) is 15.5 Å². The number of hydrogen-bond acceptors (Lipinski definition) is 3. The van der Waals surface area contributed by atoms with E-state index in [2.05, 4.69) is 0 Å². The number of rotatable bonds is 3. The molecule has 0 aromatic heterocycles. The van der Waals surface area contributed by atoms with E-state index < -0.39 is 17.6 Å². The first kappa shape index (κ1) is 13.4. The lowest BCUT2D eigenvalue weighted by molar-refractivity contribution is 0.0693. The second-order valence-corrected chi connectivity index (χ2v) is 4.85. The van der Waals surface area contributed by atoms with Gasteiger partial charge in [0.2, 0.25) is 0 Å². The molecule has 0 atom stereocenters. The summed E-state index contributed by atoms with van der Waals surface area (Å²) < 4.78 is 25.9. The fourth-order valence-electron chi connectivity index (χ4n) is 1.47. The molecule has 0 radical (unpaired) electrons. The van der Waals surface area contributed by atoms with Crippen molar-refractivity contribution in [2.75, 3.05) is 5.73 Å². The van der Waals surface area contributed by atoms with Crippen LogP contribution in [0.25, 0.3) is 0 Å². The molecule has 2 rings (SSSR count). The van der Waals surface area contributed by atoms with E-state index in [1.165, 1.54) is 24.3 Å². The Bertz CT molecular complexity index is 647. The Hall–Kier alpha value is -2.08. The zero-order chi connectivity index (χ0) is 14.0. The Morgan fingerprint density at radius 1 is 1.11 bits per heavy atom. The maximum atomic E-state index is 13.1. The van der Waals surface area contributed by atoms with E-state index in [-0.39, 0.29) is 5.56 Å². The summed E-state index contributed by atoms with van der Waals surface area (Å²) in [5.41, 5.74) is 6.05. The molecule has 3 N–H and O–H groups in total. The molecule has 0 saturated heterocycles. The number of benzene rings is 2.